The Kier molecular flexibility index (Phi) is 10.6. The third kappa shape index (κ3) is 9.76. The standard InChI is InChI=1S/C16H34O3S/c1-4-5-6-7-8-9-10-11-12-13-14-15-16(2,3)20(17,18)19/h4-15H2,1-3H3,(H,17,18,19). The van der Waals surface area contributed by atoms with Gasteiger partial charge in [-0.3, -0.25) is 4.55 Å². The lowest BCUT2D eigenvalue weighted by Crippen LogP contribution is -2.31. The first-order valence-corrected chi connectivity index (χ1v) is 9.72. The van der Waals surface area contributed by atoms with Crippen molar-refractivity contribution in [2.45, 2.75) is 103 Å². The van der Waals surface area contributed by atoms with E-state index in [1.165, 1.54) is 57.8 Å². The number of rotatable bonds is 13. The molecule has 0 saturated carbocycles. The Bertz CT molecular complexity index is 321. The lowest BCUT2D eigenvalue weighted by molar-refractivity contribution is 0.422. The summed E-state index contributed by atoms with van der Waals surface area (Å²) in [6.45, 7) is 5.43. The second-order valence-electron chi connectivity index (χ2n) is 6.52. The molecule has 0 radical (unpaired) electrons. The molecule has 0 spiro atoms. The first-order valence-electron chi connectivity index (χ1n) is 8.28. The molecule has 0 saturated heterocycles. The number of unbranched alkanes of at least 4 members (excludes halogenated alkanes) is 10. The highest BCUT2D eigenvalue weighted by Crippen LogP contribution is 2.23. The van der Waals surface area contributed by atoms with Gasteiger partial charge in [0, 0.05) is 0 Å². The van der Waals surface area contributed by atoms with Gasteiger partial charge >= 0.3 is 0 Å². The molecule has 122 valence electrons. The van der Waals surface area contributed by atoms with Gasteiger partial charge in [-0.25, -0.2) is 0 Å². The molecule has 0 atom stereocenters. The lowest BCUT2D eigenvalue weighted by Gasteiger charge is -2.20. The zero-order valence-corrected chi connectivity index (χ0v) is 14.5. The van der Waals surface area contributed by atoms with Gasteiger partial charge in [0.05, 0.1) is 4.75 Å². The molecular formula is C16H34O3S. The summed E-state index contributed by atoms with van der Waals surface area (Å²) in [6.07, 6.45) is 14.3. The molecule has 0 unspecified atom stereocenters. The smallest absolute Gasteiger partial charge is 0.270 e. The first-order chi connectivity index (χ1) is 9.31. The van der Waals surface area contributed by atoms with Crippen molar-refractivity contribution in [1.29, 1.82) is 0 Å². The van der Waals surface area contributed by atoms with Crippen LogP contribution in [0.5, 0.6) is 0 Å². The fraction of sp³-hybridized carbons (Fsp3) is 1.00. The Morgan fingerprint density at radius 3 is 1.45 bits per heavy atom. The molecule has 0 aromatic heterocycles. The molecule has 0 aliphatic heterocycles. The molecular weight excluding hydrogens is 272 g/mol. The highest BCUT2D eigenvalue weighted by molar-refractivity contribution is 7.87. The molecule has 0 heterocycles. The van der Waals surface area contributed by atoms with Crippen molar-refractivity contribution >= 4 is 10.1 Å². The average Bonchev–Trinajstić information content (AvgIpc) is 2.34. The summed E-state index contributed by atoms with van der Waals surface area (Å²) in [5, 5.41) is 0. The van der Waals surface area contributed by atoms with Crippen LogP contribution in [0, 0.1) is 0 Å². The molecule has 0 fully saturated rings. The second-order valence-corrected chi connectivity index (χ2v) is 8.58. The van der Waals surface area contributed by atoms with E-state index in [0.29, 0.717) is 6.42 Å². The van der Waals surface area contributed by atoms with Crippen LogP contribution in [0.25, 0.3) is 0 Å². The molecule has 1 N–H and O–H groups in total. The van der Waals surface area contributed by atoms with Crippen molar-refractivity contribution in [3.8, 4) is 0 Å². The van der Waals surface area contributed by atoms with Crippen LogP contribution in [0.1, 0.15) is 97.8 Å². The van der Waals surface area contributed by atoms with E-state index in [1.807, 2.05) is 0 Å². The zero-order valence-electron chi connectivity index (χ0n) is 13.7. The summed E-state index contributed by atoms with van der Waals surface area (Å²) < 4.78 is 30.3. The van der Waals surface area contributed by atoms with Crippen LogP contribution >= 0.6 is 0 Å². The summed E-state index contributed by atoms with van der Waals surface area (Å²) >= 11 is 0. The van der Waals surface area contributed by atoms with E-state index in [2.05, 4.69) is 6.92 Å². The van der Waals surface area contributed by atoms with Gasteiger partial charge in [0.25, 0.3) is 10.1 Å². The predicted molar refractivity (Wildman–Crippen MR) is 86.7 cm³/mol. The lowest BCUT2D eigenvalue weighted by atomic mass is 10.0. The molecule has 0 amide bonds. The SMILES string of the molecule is CCCCCCCCCCCCCC(C)(C)S(=O)(=O)O. The van der Waals surface area contributed by atoms with Gasteiger partial charge in [-0.15, -0.1) is 0 Å². The fourth-order valence-electron chi connectivity index (χ4n) is 2.34. The van der Waals surface area contributed by atoms with E-state index in [0.717, 1.165) is 12.8 Å². The van der Waals surface area contributed by atoms with E-state index in [4.69, 9.17) is 4.55 Å². The average molecular weight is 307 g/mol. The monoisotopic (exact) mass is 306 g/mol. The minimum Gasteiger partial charge on any atom is -0.285 e. The third-order valence-electron chi connectivity index (χ3n) is 4.08. The maximum Gasteiger partial charge on any atom is 0.270 e. The quantitative estimate of drug-likeness (QED) is 0.368. The van der Waals surface area contributed by atoms with Crippen LogP contribution in [0.4, 0.5) is 0 Å². The Labute approximate surface area is 126 Å². The molecule has 0 aliphatic rings. The highest BCUT2D eigenvalue weighted by atomic mass is 32.2. The summed E-state index contributed by atoms with van der Waals surface area (Å²) in [5.41, 5.74) is 0. The van der Waals surface area contributed by atoms with Gasteiger partial charge in [-0.2, -0.15) is 8.42 Å². The van der Waals surface area contributed by atoms with Crippen molar-refractivity contribution in [1.82, 2.24) is 0 Å². The Morgan fingerprint density at radius 1 is 0.750 bits per heavy atom. The van der Waals surface area contributed by atoms with Gasteiger partial charge in [0.15, 0.2) is 0 Å². The van der Waals surface area contributed by atoms with Crippen LogP contribution in [-0.2, 0) is 10.1 Å². The first kappa shape index (κ1) is 19.9. The molecule has 0 aromatic rings. The number of hydrogen-bond donors (Lipinski definition) is 1. The highest BCUT2D eigenvalue weighted by Gasteiger charge is 2.31. The van der Waals surface area contributed by atoms with Gasteiger partial charge < -0.3 is 0 Å². The third-order valence-corrected chi connectivity index (χ3v) is 5.68. The van der Waals surface area contributed by atoms with Gasteiger partial charge in [0.2, 0.25) is 0 Å². The zero-order chi connectivity index (χ0) is 15.5. The Balaban J connectivity index is 3.37. The van der Waals surface area contributed by atoms with Crippen molar-refractivity contribution in [2.75, 3.05) is 0 Å². The van der Waals surface area contributed by atoms with E-state index in [9.17, 15) is 8.42 Å². The van der Waals surface area contributed by atoms with Gasteiger partial charge in [-0.1, -0.05) is 77.6 Å². The minimum atomic E-state index is -3.91. The molecule has 0 aromatic carbocycles. The van der Waals surface area contributed by atoms with Crippen LogP contribution in [0.2, 0.25) is 0 Å². The van der Waals surface area contributed by atoms with E-state index in [1.54, 1.807) is 13.8 Å². The number of hydrogen-bond acceptors (Lipinski definition) is 2. The van der Waals surface area contributed by atoms with Crippen molar-refractivity contribution in [3.05, 3.63) is 0 Å². The minimum absolute atomic E-state index is 0.544. The second kappa shape index (κ2) is 10.6. The van der Waals surface area contributed by atoms with Crippen molar-refractivity contribution < 1.29 is 13.0 Å². The summed E-state index contributed by atoms with van der Waals surface area (Å²) in [6, 6.07) is 0. The molecule has 20 heavy (non-hydrogen) atoms. The van der Waals surface area contributed by atoms with E-state index in [-0.39, 0.29) is 0 Å². The fourth-order valence-corrected chi connectivity index (χ4v) is 2.75. The maximum absolute atomic E-state index is 11.1. The molecule has 0 aliphatic carbocycles. The van der Waals surface area contributed by atoms with Crippen LogP contribution in [0.3, 0.4) is 0 Å². The maximum atomic E-state index is 11.1. The van der Waals surface area contributed by atoms with Crippen molar-refractivity contribution in [3.63, 3.8) is 0 Å². The Hall–Kier alpha value is -0.0900. The topological polar surface area (TPSA) is 54.4 Å². The normalized spacial score (nSPS) is 12.8. The molecule has 0 rings (SSSR count). The van der Waals surface area contributed by atoms with Crippen molar-refractivity contribution in [2.24, 2.45) is 0 Å². The van der Waals surface area contributed by atoms with Gasteiger partial charge in [0.1, 0.15) is 0 Å². The van der Waals surface area contributed by atoms with E-state index < -0.39 is 14.9 Å². The molecule has 4 heteroatoms. The summed E-state index contributed by atoms with van der Waals surface area (Å²) in [5.74, 6) is 0. The largest absolute Gasteiger partial charge is 0.285 e. The van der Waals surface area contributed by atoms with Gasteiger partial charge in [-0.05, 0) is 20.3 Å². The van der Waals surface area contributed by atoms with Crippen LogP contribution in [-0.4, -0.2) is 17.7 Å². The Morgan fingerprint density at radius 2 is 1.10 bits per heavy atom. The van der Waals surface area contributed by atoms with E-state index >= 15 is 0 Å². The molecule has 3 nitrogen and oxygen atoms in total. The van der Waals surface area contributed by atoms with Crippen LogP contribution in [0.15, 0.2) is 0 Å². The summed E-state index contributed by atoms with van der Waals surface area (Å²) in [7, 11) is -3.91. The molecule has 0 bridgehead atoms. The summed E-state index contributed by atoms with van der Waals surface area (Å²) in [4.78, 5) is 0. The predicted octanol–water partition coefficient (Wildman–Crippen LogP) is 5.35. The van der Waals surface area contributed by atoms with Crippen LogP contribution < -0.4 is 0 Å².